The standard InChI is InChI=1S/C11H15ClN2O2/c1-7(15)9-5-13-11(12)4-10(9)14-8-2-3-16-6-8/h4-5,7-8,15H,2-3,6H2,1H3,(H,13,14). The van der Waals surface area contributed by atoms with Crippen molar-refractivity contribution >= 4 is 17.3 Å². The average molecular weight is 243 g/mol. The number of aliphatic hydroxyl groups excluding tert-OH is 1. The number of nitrogens with zero attached hydrogens (tertiary/aromatic N) is 1. The molecule has 0 aliphatic carbocycles. The zero-order chi connectivity index (χ0) is 11.5. The van der Waals surface area contributed by atoms with E-state index in [4.69, 9.17) is 16.3 Å². The van der Waals surface area contributed by atoms with Crippen LogP contribution in [0.4, 0.5) is 5.69 Å². The van der Waals surface area contributed by atoms with E-state index in [1.54, 1.807) is 19.2 Å². The van der Waals surface area contributed by atoms with Gasteiger partial charge in [0, 0.05) is 24.1 Å². The number of halogens is 1. The highest BCUT2D eigenvalue weighted by Gasteiger charge is 2.18. The van der Waals surface area contributed by atoms with Crippen LogP contribution in [0, 0.1) is 0 Å². The minimum atomic E-state index is -0.561. The Morgan fingerprint density at radius 2 is 2.50 bits per heavy atom. The van der Waals surface area contributed by atoms with Crippen LogP contribution in [0.1, 0.15) is 25.0 Å². The Hall–Kier alpha value is -0.840. The molecule has 0 radical (unpaired) electrons. The molecule has 1 fully saturated rings. The molecule has 2 rings (SSSR count). The minimum absolute atomic E-state index is 0.288. The van der Waals surface area contributed by atoms with E-state index in [0.717, 1.165) is 24.3 Å². The van der Waals surface area contributed by atoms with Crippen LogP contribution < -0.4 is 5.32 Å². The van der Waals surface area contributed by atoms with Crippen LogP contribution in [-0.4, -0.2) is 29.3 Å². The maximum atomic E-state index is 9.62. The number of anilines is 1. The molecule has 0 amide bonds. The second kappa shape index (κ2) is 4.99. The largest absolute Gasteiger partial charge is 0.389 e. The van der Waals surface area contributed by atoms with Crippen molar-refractivity contribution in [1.82, 2.24) is 4.98 Å². The molecule has 1 aromatic rings. The number of hydrogen-bond acceptors (Lipinski definition) is 4. The minimum Gasteiger partial charge on any atom is -0.389 e. The van der Waals surface area contributed by atoms with E-state index in [1.807, 2.05) is 0 Å². The summed E-state index contributed by atoms with van der Waals surface area (Å²) in [4.78, 5) is 3.97. The number of ether oxygens (including phenoxy) is 1. The van der Waals surface area contributed by atoms with E-state index >= 15 is 0 Å². The topological polar surface area (TPSA) is 54.4 Å². The first-order chi connectivity index (χ1) is 7.66. The van der Waals surface area contributed by atoms with E-state index in [1.165, 1.54) is 0 Å². The lowest BCUT2D eigenvalue weighted by Crippen LogP contribution is -2.20. The highest BCUT2D eigenvalue weighted by molar-refractivity contribution is 6.29. The number of nitrogens with one attached hydrogen (secondary N) is 1. The summed E-state index contributed by atoms with van der Waals surface area (Å²) in [7, 11) is 0. The lowest BCUT2D eigenvalue weighted by Gasteiger charge is -2.17. The maximum absolute atomic E-state index is 9.62. The van der Waals surface area contributed by atoms with Crippen molar-refractivity contribution in [3.05, 3.63) is 23.0 Å². The molecule has 0 spiro atoms. The van der Waals surface area contributed by atoms with Gasteiger partial charge in [0.2, 0.25) is 0 Å². The predicted molar refractivity (Wildman–Crippen MR) is 62.7 cm³/mol. The molecule has 2 atom stereocenters. The summed E-state index contributed by atoms with van der Waals surface area (Å²) in [5.41, 5.74) is 1.60. The third-order valence-electron chi connectivity index (χ3n) is 2.64. The maximum Gasteiger partial charge on any atom is 0.131 e. The van der Waals surface area contributed by atoms with Crippen molar-refractivity contribution in [2.75, 3.05) is 18.5 Å². The molecule has 2 heterocycles. The summed E-state index contributed by atoms with van der Waals surface area (Å²) in [6.45, 7) is 3.18. The first kappa shape index (κ1) is 11.6. The molecule has 5 heteroatoms. The van der Waals surface area contributed by atoms with Gasteiger partial charge in [0.1, 0.15) is 5.15 Å². The molecule has 2 N–H and O–H groups in total. The fourth-order valence-corrected chi connectivity index (χ4v) is 1.92. The summed E-state index contributed by atoms with van der Waals surface area (Å²) in [6, 6.07) is 2.03. The molecule has 1 saturated heterocycles. The second-order valence-electron chi connectivity index (χ2n) is 3.98. The molecule has 1 aromatic heterocycles. The van der Waals surface area contributed by atoms with Crippen molar-refractivity contribution < 1.29 is 9.84 Å². The fourth-order valence-electron chi connectivity index (χ4n) is 1.77. The predicted octanol–water partition coefficient (Wildman–Crippen LogP) is 1.99. The number of aromatic nitrogens is 1. The van der Waals surface area contributed by atoms with Crippen LogP contribution in [0.2, 0.25) is 5.15 Å². The van der Waals surface area contributed by atoms with E-state index < -0.39 is 6.10 Å². The third kappa shape index (κ3) is 2.64. The molecule has 0 bridgehead atoms. The van der Waals surface area contributed by atoms with Gasteiger partial charge in [0.25, 0.3) is 0 Å². The van der Waals surface area contributed by atoms with E-state index in [2.05, 4.69) is 10.3 Å². The van der Waals surface area contributed by atoms with Gasteiger partial charge in [-0.1, -0.05) is 11.6 Å². The first-order valence-corrected chi connectivity index (χ1v) is 5.72. The van der Waals surface area contributed by atoms with Gasteiger partial charge < -0.3 is 15.2 Å². The van der Waals surface area contributed by atoms with E-state index in [9.17, 15) is 5.11 Å². The first-order valence-electron chi connectivity index (χ1n) is 5.34. The lowest BCUT2D eigenvalue weighted by atomic mass is 10.1. The zero-order valence-corrected chi connectivity index (χ0v) is 9.87. The Bertz CT molecular complexity index is 365. The lowest BCUT2D eigenvalue weighted by molar-refractivity contribution is 0.194. The fraction of sp³-hybridized carbons (Fsp3) is 0.545. The van der Waals surface area contributed by atoms with Gasteiger partial charge >= 0.3 is 0 Å². The van der Waals surface area contributed by atoms with Crippen molar-refractivity contribution in [3.63, 3.8) is 0 Å². The van der Waals surface area contributed by atoms with Gasteiger partial charge in [-0.25, -0.2) is 4.98 Å². The smallest absolute Gasteiger partial charge is 0.131 e. The molecule has 1 aliphatic rings. The Kier molecular flexibility index (Phi) is 3.63. The van der Waals surface area contributed by atoms with Crippen molar-refractivity contribution in [2.45, 2.75) is 25.5 Å². The van der Waals surface area contributed by atoms with E-state index in [-0.39, 0.29) is 6.04 Å². The SMILES string of the molecule is CC(O)c1cnc(Cl)cc1NC1CCOC1. The van der Waals surface area contributed by atoms with E-state index in [0.29, 0.717) is 11.8 Å². The van der Waals surface area contributed by atoms with Gasteiger partial charge in [-0.15, -0.1) is 0 Å². The Morgan fingerprint density at radius 3 is 3.12 bits per heavy atom. The molecule has 0 saturated carbocycles. The van der Waals surface area contributed by atoms with Crippen molar-refractivity contribution in [2.24, 2.45) is 0 Å². The monoisotopic (exact) mass is 242 g/mol. The van der Waals surface area contributed by atoms with Crippen LogP contribution in [-0.2, 0) is 4.74 Å². The summed E-state index contributed by atoms with van der Waals surface area (Å²) in [6.07, 6.45) is 2.01. The molecule has 2 unspecified atom stereocenters. The van der Waals surface area contributed by atoms with Crippen LogP contribution in [0.3, 0.4) is 0 Å². The average Bonchev–Trinajstić information content (AvgIpc) is 2.70. The molecule has 1 aliphatic heterocycles. The molecule has 4 nitrogen and oxygen atoms in total. The summed E-state index contributed by atoms with van der Waals surface area (Å²) >= 11 is 5.84. The highest BCUT2D eigenvalue weighted by atomic mass is 35.5. The van der Waals surface area contributed by atoms with Gasteiger partial charge in [0.15, 0.2) is 0 Å². The summed E-state index contributed by atoms with van der Waals surface area (Å²) in [5.74, 6) is 0. The van der Waals surface area contributed by atoms with Gasteiger partial charge in [-0.05, 0) is 19.4 Å². The van der Waals surface area contributed by atoms with Gasteiger partial charge in [-0.3, -0.25) is 0 Å². The van der Waals surface area contributed by atoms with Crippen LogP contribution in [0.5, 0.6) is 0 Å². The van der Waals surface area contributed by atoms with Gasteiger partial charge in [0.05, 0.1) is 18.8 Å². The molecular weight excluding hydrogens is 228 g/mol. The zero-order valence-electron chi connectivity index (χ0n) is 9.11. The quantitative estimate of drug-likeness (QED) is 0.796. The summed E-state index contributed by atoms with van der Waals surface area (Å²) < 4.78 is 5.29. The number of pyridine rings is 1. The molecule has 16 heavy (non-hydrogen) atoms. The second-order valence-corrected chi connectivity index (χ2v) is 4.36. The van der Waals surface area contributed by atoms with Crippen LogP contribution >= 0.6 is 11.6 Å². The van der Waals surface area contributed by atoms with Crippen LogP contribution in [0.25, 0.3) is 0 Å². The highest BCUT2D eigenvalue weighted by Crippen LogP contribution is 2.26. The van der Waals surface area contributed by atoms with Crippen molar-refractivity contribution in [1.29, 1.82) is 0 Å². The number of rotatable bonds is 3. The molecule has 0 aromatic carbocycles. The van der Waals surface area contributed by atoms with Gasteiger partial charge in [-0.2, -0.15) is 0 Å². The third-order valence-corrected chi connectivity index (χ3v) is 2.85. The number of hydrogen-bond donors (Lipinski definition) is 2. The normalized spacial score (nSPS) is 22.1. The Labute approximate surface area is 99.6 Å². The summed E-state index contributed by atoms with van der Waals surface area (Å²) in [5, 5.41) is 13.4. The van der Waals surface area contributed by atoms with Crippen molar-refractivity contribution in [3.8, 4) is 0 Å². The number of aliphatic hydroxyl groups is 1. The molecule has 88 valence electrons. The van der Waals surface area contributed by atoms with Crippen LogP contribution in [0.15, 0.2) is 12.3 Å². The molecular formula is C11H15ClN2O2. The Balaban J connectivity index is 2.19. The Morgan fingerprint density at radius 1 is 1.69 bits per heavy atom.